The maximum absolute atomic E-state index is 6.04. The molecule has 4 rings (SSSR count). The summed E-state index contributed by atoms with van der Waals surface area (Å²) in [4.78, 5) is 4.87. The highest BCUT2D eigenvalue weighted by Crippen LogP contribution is 2.33. The fraction of sp³-hybridized carbons (Fsp3) is 0.120. The summed E-state index contributed by atoms with van der Waals surface area (Å²) in [6.07, 6.45) is 0. The molecule has 0 N–H and O–H groups in total. The molecule has 6 heteroatoms. The molecule has 1 aromatic heterocycles. The molecule has 156 valence electrons. The molecule has 0 aliphatic carbocycles. The number of rotatable bonds is 7. The quantitative estimate of drug-likeness (QED) is 0.218. The van der Waals surface area contributed by atoms with E-state index in [0.717, 1.165) is 39.1 Å². The summed E-state index contributed by atoms with van der Waals surface area (Å²) in [6.45, 7) is 4.61. The molecule has 0 spiro atoms. The van der Waals surface area contributed by atoms with Crippen LogP contribution in [0.5, 0.6) is 5.75 Å². The second kappa shape index (κ2) is 9.77. The van der Waals surface area contributed by atoms with Gasteiger partial charge in [0.25, 0.3) is 0 Å². The van der Waals surface area contributed by atoms with Crippen LogP contribution in [0, 0.1) is 0 Å². The monoisotopic (exact) mass is 447 g/mol. The highest BCUT2D eigenvalue weighted by molar-refractivity contribution is 7.14. The normalized spacial score (nSPS) is 11.4. The van der Waals surface area contributed by atoms with E-state index in [9.17, 15) is 0 Å². The fourth-order valence-corrected chi connectivity index (χ4v) is 3.99. The minimum Gasteiger partial charge on any atom is -0.494 e. The van der Waals surface area contributed by atoms with Gasteiger partial charge in [0, 0.05) is 16.0 Å². The first-order valence-electron chi connectivity index (χ1n) is 9.99. The summed E-state index contributed by atoms with van der Waals surface area (Å²) in [5, 5.41) is 10.3. The second-order valence-electron chi connectivity index (χ2n) is 6.81. The number of anilines is 2. The molecule has 0 bridgehead atoms. The number of benzene rings is 3. The van der Waals surface area contributed by atoms with Crippen LogP contribution in [0.1, 0.15) is 19.4 Å². The molecule has 4 nitrogen and oxygen atoms in total. The van der Waals surface area contributed by atoms with Gasteiger partial charge in [0.15, 0.2) is 0 Å². The smallest absolute Gasteiger partial charge is 0.211 e. The molecule has 0 saturated heterocycles. The van der Waals surface area contributed by atoms with Gasteiger partial charge in [-0.15, -0.1) is 11.3 Å². The summed E-state index contributed by atoms with van der Waals surface area (Å²) in [5.74, 6) is 0.857. The number of aromatic nitrogens is 1. The van der Waals surface area contributed by atoms with Gasteiger partial charge in [-0.3, -0.25) is 0 Å². The van der Waals surface area contributed by atoms with Crippen LogP contribution >= 0.6 is 22.9 Å². The first-order chi connectivity index (χ1) is 15.1. The number of para-hydroxylation sites is 1. The van der Waals surface area contributed by atoms with Gasteiger partial charge >= 0.3 is 0 Å². The number of thiazole rings is 1. The molecule has 3 aromatic carbocycles. The SMILES string of the molecule is CCOc1ccc(-c2csc(N(/N=C(/C)c3ccc(Cl)cc3)c3ccccc3)n2)cc1. The zero-order valence-corrected chi connectivity index (χ0v) is 18.9. The van der Waals surface area contributed by atoms with Gasteiger partial charge in [0.1, 0.15) is 5.75 Å². The molecule has 0 unspecified atom stereocenters. The largest absolute Gasteiger partial charge is 0.494 e. The van der Waals surface area contributed by atoms with E-state index < -0.39 is 0 Å². The van der Waals surface area contributed by atoms with E-state index in [1.54, 1.807) is 11.3 Å². The maximum atomic E-state index is 6.04. The Morgan fingerprint density at radius 3 is 2.39 bits per heavy atom. The van der Waals surface area contributed by atoms with E-state index in [4.69, 9.17) is 26.4 Å². The average molecular weight is 448 g/mol. The Kier molecular flexibility index (Phi) is 6.65. The van der Waals surface area contributed by atoms with Crippen LogP contribution in [-0.2, 0) is 0 Å². The molecule has 4 aromatic rings. The number of nitrogens with zero attached hydrogens (tertiary/aromatic N) is 3. The molecule has 0 amide bonds. The van der Waals surface area contributed by atoms with E-state index in [1.165, 1.54) is 0 Å². The minimum atomic E-state index is 0.650. The lowest BCUT2D eigenvalue weighted by molar-refractivity contribution is 0.340. The standard InChI is InChI=1S/C25H22ClN3OS/c1-3-30-23-15-11-20(12-16-23)24-17-31-25(27-24)29(22-7-5-4-6-8-22)28-18(2)19-9-13-21(26)14-10-19/h4-17H,3H2,1-2H3/b28-18-. The predicted octanol–water partition coefficient (Wildman–Crippen LogP) is 7.42. The molecule has 0 radical (unpaired) electrons. The van der Waals surface area contributed by atoms with Crippen LogP contribution in [0.25, 0.3) is 11.3 Å². The summed E-state index contributed by atoms with van der Waals surface area (Å²) in [5.41, 5.74) is 4.77. The highest BCUT2D eigenvalue weighted by Gasteiger charge is 2.15. The van der Waals surface area contributed by atoms with Crippen LogP contribution < -0.4 is 9.75 Å². The molecule has 1 heterocycles. The van der Waals surface area contributed by atoms with Crippen LogP contribution in [-0.4, -0.2) is 17.3 Å². The van der Waals surface area contributed by atoms with Crippen LogP contribution in [0.2, 0.25) is 5.02 Å². The second-order valence-corrected chi connectivity index (χ2v) is 8.09. The molecule has 0 aliphatic rings. The van der Waals surface area contributed by atoms with Crippen molar-refractivity contribution in [3.05, 3.63) is 94.8 Å². The number of hydrazone groups is 1. The zero-order chi connectivity index (χ0) is 21.6. The van der Waals surface area contributed by atoms with Crippen molar-refractivity contribution in [3.8, 4) is 17.0 Å². The van der Waals surface area contributed by atoms with Crippen molar-refractivity contribution < 1.29 is 4.74 Å². The molecule has 0 aliphatic heterocycles. The third kappa shape index (κ3) is 5.13. The van der Waals surface area contributed by atoms with Gasteiger partial charge in [-0.25, -0.2) is 9.99 Å². The zero-order valence-electron chi connectivity index (χ0n) is 17.3. The van der Waals surface area contributed by atoms with E-state index in [-0.39, 0.29) is 0 Å². The van der Waals surface area contributed by atoms with E-state index >= 15 is 0 Å². The highest BCUT2D eigenvalue weighted by atomic mass is 35.5. The van der Waals surface area contributed by atoms with Crippen molar-refractivity contribution in [2.45, 2.75) is 13.8 Å². The Bertz CT molecular complexity index is 1160. The van der Waals surface area contributed by atoms with Gasteiger partial charge in [-0.05, 0) is 67.9 Å². The molecule has 0 atom stereocenters. The third-order valence-corrected chi connectivity index (χ3v) is 5.72. The van der Waals surface area contributed by atoms with Crippen molar-refractivity contribution in [1.29, 1.82) is 0 Å². The van der Waals surface area contributed by atoms with Gasteiger partial charge < -0.3 is 4.74 Å². The number of hydrogen-bond acceptors (Lipinski definition) is 5. The summed E-state index contributed by atoms with van der Waals surface area (Å²) in [6, 6.07) is 25.7. The predicted molar refractivity (Wildman–Crippen MR) is 131 cm³/mol. The molecular formula is C25H22ClN3OS. The van der Waals surface area contributed by atoms with Crippen LogP contribution in [0.4, 0.5) is 10.8 Å². The van der Waals surface area contributed by atoms with Crippen molar-refractivity contribution in [3.63, 3.8) is 0 Å². The number of ether oxygens (including phenoxy) is 1. The fourth-order valence-electron chi connectivity index (χ4n) is 3.06. The van der Waals surface area contributed by atoms with Crippen molar-refractivity contribution in [1.82, 2.24) is 4.98 Å². The van der Waals surface area contributed by atoms with Crippen molar-refractivity contribution in [2.75, 3.05) is 11.6 Å². The molecule has 31 heavy (non-hydrogen) atoms. The van der Waals surface area contributed by atoms with Crippen molar-refractivity contribution >= 4 is 39.5 Å². The molecule has 0 fully saturated rings. The van der Waals surface area contributed by atoms with Crippen LogP contribution in [0.15, 0.2) is 89.3 Å². The summed E-state index contributed by atoms with van der Waals surface area (Å²) >= 11 is 7.59. The average Bonchev–Trinajstić information content (AvgIpc) is 3.29. The first-order valence-corrected chi connectivity index (χ1v) is 11.2. The Hall–Kier alpha value is -3.15. The summed E-state index contributed by atoms with van der Waals surface area (Å²) in [7, 11) is 0. The topological polar surface area (TPSA) is 37.7 Å². The van der Waals surface area contributed by atoms with E-state index in [1.807, 2.05) is 103 Å². The molecule has 0 saturated carbocycles. The van der Waals surface area contributed by atoms with Crippen molar-refractivity contribution in [2.24, 2.45) is 5.10 Å². The van der Waals surface area contributed by atoms with Gasteiger partial charge in [0.05, 0.1) is 23.7 Å². The Morgan fingerprint density at radius 2 is 1.71 bits per heavy atom. The minimum absolute atomic E-state index is 0.650. The molecular weight excluding hydrogens is 426 g/mol. The maximum Gasteiger partial charge on any atom is 0.211 e. The lowest BCUT2D eigenvalue weighted by atomic mass is 10.1. The Labute approximate surface area is 191 Å². The Balaban J connectivity index is 1.68. The number of halogens is 1. The van der Waals surface area contributed by atoms with Gasteiger partial charge in [0.2, 0.25) is 5.13 Å². The van der Waals surface area contributed by atoms with Crippen LogP contribution in [0.3, 0.4) is 0 Å². The van der Waals surface area contributed by atoms with Gasteiger partial charge in [-0.1, -0.05) is 41.9 Å². The first kappa shape index (κ1) is 21.1. The van der Waals surface area contributed by atoms with Gasteiger partial charge in [-0.2, -0.15) is 5.10 Å². The van der Waals surface area contributed by atoms with E-state index in [2.05, 4.69) is 0 Å². The summed E-state index contributed by atoms with van der Waals surface area (Å²) < 4.78 is 5.54. The third-order valence-electron chi connectivity index (χ3n) is 4.65. The van der Waals surface area contributed by atoms with E-state index in [0.29, 0.717) is 11.6 Å². The lowest BCUT2D eigenvalue weighted by Crippen LogP contribution is -2.12. The Morgan fingerprint density at radius 1 is 1.00 bits per heavy atom. The lowest BCUT2D eigenvalue weighted by Gasteiger charge is -2.17. The number of hydrogen-bond donors (Lipinski definition) is 0.